The molecule has 84 valence electrons. The summed E-state index contributed by atoms with van der Waals surface area (Å²) in [6.07, 6.45) is -2.83. The molecule has 4 nitrogen and oxygen atoms in total. The standard InChI is InChI=1S/C9H6F3N3O/c1-5-2-6(4-16)3-15-7(5)13-8(14-15)9(10,11)12/h2-4H,1H3. The van der Waals surface area contributed by atoms with Gasteiger partial charge < -0.3 is 0 Å². The summed E-state index contributed by atoms with van der Waals surface area (Å²) in [5, 5.41) is 3.28. The Morgan fingerprint density at radius 1 is 1.44 bits per heavy atom. The van der Waals surface area contributed by atoms with Crippen LogP contribution in [0.2, 0.25) is 0 Å². The van der Waals surface area contributed by atoms with Gasteiger partial charge in [-0.25, -0.2) is 9.50 Å². The van der Waals surface area contributed by atoms with Crippen LogP contribution in [0.15, 0.2) is 12.3 Å². The van der Waals surface area contributed by atoms with E-state index in [0.29, 0.717) is 11.8 Å². The quantitative estimate of drug-likeness (QED) is 0.701. The fourth-order valence-corrected chi connectivity index (χ4v) is 1.36. The molecule has 0 aliphatic rings. The minimum Gasteiger partial charge on any atom is -0.298 e. The van der Waals surface area contributed by atoms with Crippen molar-refractivity contribution in [1.82, 2.24) is 14.6 Å². The van der Waals surface area contributed by atoms with Crippen LogP contribution in [0.25, 0.3) is 5.65 Å². The first-order valence-electron chi connectivity index (χ1n) is 4.31. The topological polar surface area (TPSA) is 47.3 Å². The van der Waals surface area contributed by atoms with E-state index >= 15 is 0 Å². The number of aromatic nitrogens is 3. The predicted molar refractivity (Wildman–Crippen MR) is 48.1 cm³/mol. The number of hydrogen-bond donors (Lipinski definition) is 0. The van der Waals surface area contributed by atoms with Crippen LogP contribution in [0.5, 0.6) is 0 Å². The van der Waals surface area contributed by atoms with Gasteiger partial charge in [0.05, 0.1) is 0 Å². The third kappa shape index (κ3) is 1.64. The molecule has 0 bridgehead atoms. The molecule has 2 heterocycles. The highest BCUT2D eigenvalue weighted by Crippen LogP contribution is 2.27. The number of rotatable bonds is 1. The summed E-state index contributed by atoms with van der Waals surface area (Å²) in [6.45, 7) is 1.57. The Bertz CT molecular complexity index is 559. The molecular formula is C9H6F3N3O. The van der Waals surface area contributed by atoms with Crippen molar-refractivity contribution >= 4 is 11.9 Å². The number of nitrogens with zero attached hydrogens (tertiary/aromatic N) is 3. The van der Waals surface area contributed by atoms with Gasteiger partial charge in [0.25, 0.3) is 5.82 Å². The van der Waals surface area contributed by atoms with Crippen molar-refractivity contribution in [3.05, 3.63) is 29.2 Å². The number of hydrogen-bond acceptors (Lipinski definition) is 3. The van der Waals surface area contributed by atoms with E-state index in [-0.39, 0.29) is 11.2 Å². The van der Waals surface area contributed by atoms with Crippen LogP contribution in [0, 0.1) is 6.92 Å². The highest BCUT2D eigenvalue weighted by molar-refractivity contribution is 5.75. The second-order valence-electron chi connectivity index (χ2n) is 3.28. The summed E-state index contributed by atoms with van der Waals surface area (Å²) in [5.74, 6) is -1.21. The smallest absolute Gasteiger partial charge is 0.298 e. The zero-order valence-electron chi connectivity index (χ0n) is 8.12. The number of pyridine rings is 1. The van der Waals surface area contributed by atoms with Gasteiger partial charge in [-0.1, -0.05) is 0 Å². The summed E-state index contributed by atoms with van der Waals surface area (Å²) in [4.78, 5) is 13.9. The number of carbonyl (C=O) groups is 1. The number of carbonyl (C=O) groups excluding carboxylic acids is 1. The number of aldehydes is 1. The minimum absolute atomic E-state index is 0.0953. The Morgan fingerprint density at radius 2 is 2.12 bits per heavy atom. The fourth-order valence-electron chi connectivity index (χ4n) is 1.36. The zero-order chi connectivity index (χ0) is 11.9. The van der Waals surface area contributed by atoms with Crippen LogP contribution in [-0.2, 0) is 6.18 Å². The van der Waals surface area contributed by atoms with Crippen LogP contribution in [0.1, 0.15) is 21.7 Å². The van der Waals surface area contributed by atoms with Crippen molar-refractivity contribution in [2.24, 2.45) is 0 Å². The van der Waals surface area contributed by atoms with E-state index in [0.717, 1.165) is 4.52 Å². The van der Waals surface area contributed by atoms with Gasteiger partial charge in [-0.05, 0) is 18.6 Å². The first kappa shape index (κ1) is 10.6. The van der Waals surface area contributed by atoms with Gasteiger partial charge in [-0.3, -0.25) is 4.79 Å². The first-order valence-corrected chi connectivity index (χ1v) is 4.31. The van der Waals surface area contributed by atoms with Crippen LogP contribution in [0.3, 0.4) is 0 Å². The molecule has 0 atom stereocenters. The van der Waals surface area contributed by atoms with Gasteiger partial charge in [-0.15, -0.1) is 5.10 Å². The highest BCUT2D eigenvalue weighted by atomic mass is 19.4. The summed E-state index contributed by atoms with van der Waals surface area (Å²) in [6, 6.07) is 1.46. The lowest BCUT2D eigenvalue weighted by Gasteiger charge is -1.97. The van der Waals surface area contributed by atoms with Crippen molar-refractivity contribution in [3.8, 4) is 0 Å². The molecule has 0 aliphatic carbocycles. The van der Waals surface area contributed by atoms with Gasteiger partial charge in [0.2, 0.25) is 0 Å². The molecule has 0 unspecified atom stereocenters. The van der Waals surface area contributed by atoms with Gasteiger partial charge in [0.15, 0.2) is 11.9 Å². The minimum atomic E-state index is -4.58. The Hall–Kier alpha value is -1.92. The van der Waals surface area contributed by atoms with Crippen molar-refractivity contribution in [3.63, 3.8) is 0 Å². The van der Waals surface area contributed by atoms with Crippen molar-refractivity contribution in [2.75, 3.05) is 0 Å². The Balaban J connectivity index is 2.70. The molecule has 2 aromatic rings. The maximum Gasteiger partial charge on any atom is 0.453 e. The third-order valence-electron chi connectivity index (χ3n) is 2.03. The van der Waals surface area contributed by atoms with E-state index in [2.05, 4.69) is 10.1 Å². The number of halogens is 3. The van der Waals surface area contributed by atoms with Crippen LogP contribution in [-0.4, -0.2) is 20.9 Å². The largest absolute Gasteiger partial charge is 0.453 e. The van der Waals surface area contributed by atoms with E-state index in [1.165, 1.54) is 12.3 Å². The number of fused-ring (bicyclic) bond motifs is 1. The molecule has 7 heteroatoms. The fraction of sp³-hybridized carbons (Fsp3) is 0.222. The number of aryl methyl sites for hydroxylation is 1. The summed E-state index contributed by atoms with van der Waals surface area (Å²) in [7, 11) is 0. The van der Waals surface area contributed by atoms with Crippen LogP contribution < -0.4 is 0 Å². The van der Waals surface area contributed by atoms with E-state index in [1.54, 1.807) is 6.92 Å². The second-order valence-corrected chi connectivity index (χ2v) is 3.28. The second kappa shape index (κ2) is 3.29. The van der Waals surface area contributed by atoms with Gasteiger partial charge >= 0.3 is 6.18 Å². The van der Waals surface area contributed by atoms with E-state index in [9.17, 15) is 18.0 Å². The highest BCUT2D eigenvalue weighted by Gasteiger charge is 2.36. The van der Waals surface area contributed by atoms with Crippen LogP contribution >= 0.6 is 0 Å². The van der Waals surface area contributed by atoms with E-state index in [4.69, 9.17) is 0 Å². The predicted octanol–water partition coefficient (Wildman–Crippen LogP) is 1.87. The van der Waals surface area contributed by atoms with Crippen molar-refractivity contribution in [2.45, 2.75) is 13.1 Å². The van der Waals surface area contributed by atoms with E-state index in [1.807, 2.05) is 0 Å². The maximum atomic E-state index is 12.3. The number of alkyl halides is 3. The lowest BCUT2D eigenvalue weighted by Crippen LogP contribution is -2.07. The van der Waals surface area contributed by atoms with Gasteiger partial charge in [-0.2, -0.15) is 13.2 Å². The lowest BCUT2D eigenvalue weighted by molar-refractivity contribution is -0.144. The first-order chi connectivity index (χ1) is 7.41. The molecule has 16 heavy (non-hydrogen) atoms. The monoisotopic (exact) mass is 229 g/mol. The zero-order valence-corrected chi connectivity index (χ0v) is 8.12. The molecule has 0 aliphatic heterocycles. The van der Waals surface area contributed by atoms with Crippen molar-refractivity contribution in [1.29, 1.82) is 0 Å². The molecule has 0 saturated carbocycles. The molecule has 0 spiro atoms. The average molecular weight is 229 g/mol. The lowest BCUT2D eigenvalue weighted by atomic mass is 10.2. The molecular weight excluding hydrogens is 223 g/mol. The SMILES string of the molecule is Cc1cc(C=O)cn2nc(C(F)(F)F)nc12. The average Bonchev–Trinajstić information content (AvgIpc) is 2.61. The molecule has 2 rings (SSSR count). The Kier molecular flexibility index (Phi) is 2.18. The molecule has 0 fully saturated rings. The molecule has 0 radical (unpaired) electrons. The Labute approximate surface area is 87.7 Å². The Morgan fingerprint density at radius 3 is 2.69 bits per heavy atom. The molecule has 2 aromatic heterocycles. The van der Waals surface area contributed by atoms with Crippen LogP contribution in [0.4, 0.5) is 13.2 Å². The van der Waals surface area contributed by atoms with Gasteiger partial charge in [0, 0.05) is 11.8 Å². The molecule has 0 saturated heterocycles. The van der Waals surface area contributed by atoms with Gasteiger partial charge in [0.1, 0.15) is 0 Å². The molecule has 0 N–H and O–H groups in total. The molecule has 0 amide bonds. The summed E-state index contributed by atoms with van der Waals surface area (Å²) < 4.78 is 38.0. The van der Waals surface area contributed by atoms with Crippen molar-refractivity contribution < 1.29 is 18.0 Å². The van der Waals surface area contributed by atoms with E-state index < -0.39 is 12.0 Å². The normalized spacial score (nSPS) is 12.0. The maximum absolute atomic E-state index is 12.3. The molecule has 0 aromatic carbocycles. The summed E-state index contributed by atoms with van der Waals surface area (Å²) >= 11 is 0. The summed E-state index contributed by atoms with van der Waals surface area (Å²) in [5.41, 5.74) is 0.814. The third-order valence-corrected chi connectivity index (χ3v) is 2.03.